The molecule has 0 aliphatic rings. The van der Waals surface area contributed by atoms with E-state index in [0.29, 0.717) is 0 Å². The van der Waals surface area contributed by atoms with Gasteiger partial charge in [-0.05, 0) is 32.9 Å². The van der Waals surface area contributed by atoms with Crippen molar-refractivity contribution in [2.75, 3.05) is 13.1 Å². The first kappa shape index (κ1) is 13.9. The smallest absolute Gasteiger partial charge is 0.115 e. The molecule has 0 aromatic carbocycles. The second-order valence-corrected chi connectivity index (χ2v) is 4.20. The van der Waals surface area contributed by atoms with Crippen molar-refractivity contribution in [3.8, 4) is 0 Å². The lowest BCUT2D eigenvalue weighted by Crippen LogP contribution is -2.46. The SMILES string of the molecule is CCCCCCC(C)(O)N(CC)CC. The minimum atomic E-state index is -0.600. The van der Waals surface area contributed by atoms with Gasteiger partial charge in [0, 0.05) is 0 Å². The fourth-order valence-corrected chi connectivity index (χ4v) is 1.95. The van der Waals surface area contributed by atoms with Gasteiger partial charge in [0.25, 0.3) is 0 Å². The van der Waals surface area contributed by atoms with Crippen molar-refractivity contribution in [2.45, 2.75) is 65.5 Å². The third-order valence-electron chi connectivity index (χ3n) is 2.95. The molecule has 0 aliphatic heterocycles. The third-order valence-corrected chi connectivity index (χ3v) is 2.95. The van der Waals surface area contributed by atoms with Gasteiger partial charge in [-0.1, -0.05) is 40.0 Å². The Balaban J connectivity index is 3.80. The zero-order valence-electron chi connectivity index (χ0n) is 10.3. The van der Waals surface area contributed by atoms with Gasteiger partial charge < -0.3 is 5.11 Å². The molecule has 0 aromatic heterocycles. The number of rotatable bonds is 8. The van der Waals surface area contributed by atoms with E-state index in [1.807, 2.05) is 6.92 Å². The second-order valence-electron chi connectivity index (χ2n) is 4.20. The van der Waals surface area contributed by atoms with Gasteiger partial charge in [0.05, 0.1) is 0 Å². The summed E-state index contributed by atoms with van der Waals surface area (Å²) >= 11 is 0. The van der Waals surface area contributed by atoms with Crippen LogP contribution in [0, 0.1) is 0 Å². The summed E-state index contributed by atoms with van der Waals surface area (Å²) in [5, 5.41) is 10.2. The summed E-state index contributed by atoms with van der Waals surface area (Å²) in [7, 11) is 0. The summed E-state index contributed by atoms with van der Waals surface area (Å²) in [6.45, 7) is 10.2. The largest absolute Gasteiger partial charge is 0.376 e. The van der Waals surface area contributed by atoms with Gasteiger partial charge in [0.15, 0.2) is 0 Å². The molecule has 14 heavy (non-hydrogen) atoms. The monoisotopic (exact) mass is 201 g/mol. The van der Waals surface area contributed by atoms with E-state index in [4.69, 9.17) is 0 Å². The standard InChI is InChI=1S/C12H27NO/c1-5-8-9-10-11-12(4,14)13(6-2)7-3/h14H,5-11H2,1-4H3. The van der Waals surface area contributed by atoms with Crippen LogP contribution in [0.5, 0.6) is 0 Å². The zero-order valence-corrected chi connectivity index (χ0v) is 10.3. The van der Waals surface area contributed by atoms with Gasteiger partial charge in [0.1, 0.15) is 5.72 Å². The normalized spacial score (nSPS) is 15.9. The van der Waals surface area contributed by atoms with Crippen molar-refractivity contribution in [1.82, 2.24) is 4.90 Å². The third kappa shape index (κ3) is 4.97. The van der Waals surface area contributed by atoms with Crippen molar-refractivity contribution in [3.05, 3.63) is 0 Å². The molecule has 0 heterocycles. The second kappa shape index (κ2) is 7.24. The maximum absolute atomic E-state index is 10.2. The molecule has 0 aliphatic carbocycles. The highest BCUT2D eigenvalue weighted by molar-refractivity contribution is 4.72. The lowest BCUT2D eigenvalue weighted by atomic mass is 10.0. The Morgan fingerprint density at radius 3 is 2.00 bits per heavy atom. The maximum Gasteiger partial charge on any atom is 0.115 e. The van der Waals surface area contributed by atoms with Gasteiger partial charge in [-0.15, -0.1) is 0 Å². The van der Waals surface area contributed by atoms with E-state index >= 15 is 0 Å². The molecule has 1 atom stereocenters. The molecule has 0 saturated heterocycles. The first-order valence-corrected chi connectivity index (χ1v) is 6.05. The highest BCUT2D eigenvalue weighted by Gasteiger charge is 2.25. The molecular weight excluding hydrogens is 174 g/mol. The minimum absolute atomic E-state index is 0.600. The van der Waals surface area contributed by atoms with Crippen LogP contribution in [-0.4, -0.2) is 28.8 Å². The van der Waals surface area contributed by atoms with Crippen LogP contribution in [0.15, 0.2) is 0 Å². The Kier molecular flexibility index (Phi) is 7.20. The van der Waals surface area contributed by atoms with Crippen LogP contribution in [0.2, 0.25) is 0 Å². The predicted octanol–water partition coefficient (Wildman–Crippen LogP) is 3.01. The molecule has 0 radical (unpaired) electrons. The Morgan fingerprint density at radius 2 is 1.57 bits per heavy atom. The predicted molar refractivity (Wildman–Crippen MR) is 62.3 cm³/mol. The summed E-state index contributed by atoms with van der Waals surface area (Å²) in [5.74, 6) is 0. The molecular formula is C12H27NO. The van der Waals surface area contributed by atoms with Crippen molar-refractivity contribution < 1.29 is 5.11 Å². The maximum atomic E-state index is 10.2. The van der Waals surface area contributed by atoms with E-state index in [9.17, 15) is 5.11 Å². The molecule has 2 heteroatoms. The number of unbranched alkanes of at least 4 members (excludes halogenated alkanes) is 3. The van der Waals surface area contributed by atoms with E-state index in [1.54, 1.807) is 0 Å². The van der Waals surface area contributed by atoms with E-state index in [-0.39, 0.29) is 0 Å². The Bertz CT molecular complexity index is 130. The van der Waals surface area contributed by atoms with Crippen molar-refractivity contribution >= 4 is 0 Å². The van der Waals surface area contributed by atoms with Gasteiger partial charge in [-0.3, -0.25) is 4.90 Å². The number of aliphatic hydroxyl groups is 1. The molecule has 2 nitrogen and oxygen atoms in total. The van der Waals surface area contributed by atoms with E-state index in [0.717, 1.165) is 25.9 Å². The number of nitrogens with zero attached hydrogens (tertiary/aromatic N) is 1. The first-order chi connectivity index (χ1) is 6.58. The average Bonchev–Trinajstić information content (AvgIpc) is 2.14. The van der Waals surface area contributed by atoms with Crippen LogP contribution in [0.25, 0.3) is 0 Å². The Hall–Kier alpha value is -0.0800. The van der Waals surface area contributed by atoms with Crippen LogP contribution >= 0.6 is 0 Å². The van der Waals surface area contributed by atoms with Crippen LogP contribution in [-0.2, 0) is 0 Å². The molecule has 0 rings (SSSR count). The summed E-state index contributed by atoms with van der Waals surface area (Å²) < 4.78 is 0. The summed E-state index contributed by atoms with van der Waals surface area (Å²) in [6, 6.07) is 0. The van der Waals surface area contributed by atoms with Crippen molar-refractivity contribution in [1.29, 1.82) is 0 Å². The molecule has 0 spiro atoms. The van der Waals surface area contributed by atoms with Crippen molar-refractivity contribution in [2.24, 2.45) is 0 Å². The minimum Gasteiger partial charge on any atom is -0.376 e. The molecule has 0 fully saturated rings. The number of hydrogen-bond acceptors (Lipinski definition) is 2. The fraction of sp³-hybridized carbons (Fsp3) is 1.00. The van der Waals surface area contributed by atoms with Crippen LogP contribution in [0.1, 0.15) is 59.8 Å². The fourth-order valence-electron chi connectivity index (χ4n) is 1.95. The van der Waals surface area contributed by atoms with Crippen molar-refractivity contribution in [3.63, 3.8) is 0 Å². The zero-order chi connectivity index (χ0) is 11.0. The highest BCUT2D eigenvalue weighted by Crippen LogP contribution is 2.19. The Morgan fingerprint density at radius 1 is 1.00 bits per heavy atom. The topological polar surface area (TPSA) is 23.5 Å². The highest BCUT2D eigenvalue weighted by atomic mass is 16.3. The van der Waals surface area contributed by atoms with E-state index in [1.165, 1.54) is 19.3 Å². The average molecular weight is 201 g/mol. The molecule has 0 saturated carbocycles. The summed E-state index contributed by atoms with van der Waals surface area (Å²) in [5.41, 5.74) is -0.600. The van der Waals surface area contributed by atoms with E-state index in [2.05, 4.69) is 25.7 Å². The van der Waals surface area contributed by atoms with Gasteiger partial charge in [-0.2, -0.15) is 0 Å². The quantitative estimate of drug-likeness (QED) is 0.482. The lowest BCUT2D eigenvalue weighted by Gasteiger charge is -2.35. The molecule has 1 unspecified atom stereocenters. The summed E-state index contributed by atoms with van der Waals surface area (Å²) in [6.07, 6.45) is 5.82. The molecule has 0 bridgehead atoms. The van der Waals surface area contributed by atoms with Crippen LogP contribution in [0.3, 0.4) is 0 Å². The van der Waals surface area contributed by atoms with Gasteiger partial charge in [-0.25, -0.2) is 0 Å². The molecule has 0 aromatic rings. The van der Waals surface area contributed by atoms with Gasteiger partial charge >= 0.3 is 0 Å². The Labute approximate surface area is 89.3 Å². The lowest BCUT2D eigenvalue weighted by molar-refractivity contribution is -0.0959. The van der Waals surface area contributed by atoms with Crippen LogP contribution < -0.4 is 0 Å². The number of hydrogen-bond donors (Lipinski definition) is 1. The van der Waals surface area contributed by atoms with Gasteiger partial charge in [0.2, 0.25) is 0 Å². The molecule has 0 amide bonds. The molecule has 86 valence electrons. The van der Waals surface area contributed by atoms with Crippen LogP contribution in [0.4, 0.5) is 0 Å². The summed E-state index contributed by atoms with van der Waals surface area (Å²) in [4.78, 5) is 2.12. The first-order valence-electron chi connectivity index (χ1n) is 6.05. The molecule has 1 N–H and O–H groups in total. The van der Waals surface area contributed by atoms with E-state index < -0.39 is 5.72 Å².